The van der Waals surface area contributed by atoms with Crippen LogP contribution < -0.4 is 4.90 Å². The molecular formula is C33H34N2. The number of pyridine rings is 1. The zero-order chi connectivity index (χ0) is 24.2. The highest BCUT2D eigenvalue weighted by Crippen LogP contribution is 2.37. The first-order chi connectivity index (χ1) is 17.2. The van der Waals surface area contributed by atoms with Crippen molar-refractivity contribution in [3.8, 4) is 11.1 Å². The van der Waals surface area contributed by atoms with Crippen LogP contribution in [0, 0.1) is 0 Å². The van der Waals surface area contributed by atoms with E-state index >= 15 is 0 Å². The number of hydrogen-bond donors (Lipinski definition) is 0. The summed E-state index contributed by atoms with van der Waals surface area (Å²) in [7, 11) is 0. The molecular weight excluding hydrogens is 424 g/mol. The van der Waals surface area contributed by atoms with E-state index in [0.29, 0.717) is 0 Å². The van der Waals surface area contributed by atoms with Crippen molar-refractivity contribution >= 4 is 44.1 Å². The molecule has 5 rings (SSSR count). The Hall–Kier alpha value is -3.65. The van der Waals surface area contributed by atoms with Gasteiger partial charge in [-0.15, -0.1) is 0 Å². The van der Waals surface area contributed by atoms with E-state index < -0.39 is 0 Å². The first kappa shape index (κ1) is 23.1. The third-order valence-electron chi connectivity index (χ3n) is 7.11. The van der Waals surface area contributed by atoms with Gasteiger partial charge < -0.3 is 4.90 Å². The molecule has 0 radical (unpaired) electrons. The van der Waals surface area contributed by atoms with E-state index in [1.807, 2.05) is 12.3 Å². The van der Waals surface area contributed by atoms with Crippen molar-refractivity contribution in [2.45, 2.75) is 39.5 Å². The van der Waals surface area contributed by atoms with Crippen LogP contribution in [-0.4, -0.2) is 18.1 Å². The van der Waals surface area contributed by atoms with Crippen molar-refractivity contribution in [2.24, 2.45) is 0 Å². The third-order valence-corrected chi connectivity index (χ3v) is 7.11. The predicted octanol–water partition coefficient (Wildman–Crippen LogP) is 9.26. The molecule has 0 bridgehead atoms. The highest BCUT2D eigenvalue weighted by molar-refractivity contribution is 6.15. The zero-order valence-corrected chi connectivity index (χ0v) is 20.9. The summed E-state index contributed by atoms with van der Waals surface area (Å²) in [6.45, 7) is 10.7. The Balaban J connectivity index is 1.64. The van der Waals surface area contributed by atoms with Crippen molar-refractivity contribution in [3.63, 3.8) is 0 Å². The average Bonchev–Trinajstić information content (AvgIpc) is 2.91. The summed E-state index contributed by atoms with van der Waals surface area (Å²) in [5.41, 5.74) is 4.76. The van der Waals surface area contributed by atoms with Crippen molar-refractivity contribution in [1.29, 1.82) is 0 Å². The van der Waals surface area contributed by atoms with Gasteiger partial charge in [0.2, 0.25) is 0 Å². The van der Waals surface area contributed by atoms with Crippen molar-refractivity contribution in [2.75, 3.05) is 18.0 Å². The van der Waals surface area contributed by atoms with Gasteiger partial charge in [-0.05, 0) is 75.2 Å². The van der Waals surface area contributed by atoms with Crippen LogP contribution in [0.15, 0.2) is 85.6 Å². The van der Waals surface area contributed by atoms with E-state index in [-0.39, 0.29) is 0 Å². The molecule has 5 aromatic rings. The van der Waals surface area contributed by atoms with Crippen LogP contribution in [0.4, 0.5) is 5.69 Å². The van der Waals surface area contributed by atoms with Gasteiger partial charge in [-0.2, -0.15) is 0 Å². The molecule has 0 fully saturated rings. The molecule has 0 atom stereocenters. The molecule has 2 heteroatoms. The fourth-order valence-corrected chi connectivity index (χ4v) is 5.21. The number of rotatable bonds is 9. The highest BCUT2D eigenvalue weighted by atomic mass is 15.1. The van der Waals surface area contributed by atoms with E-state index in [4.69, 9.17) is 0 Å². The standard InChI is InChI=1S/C33H34N2/c1-4-7-21-35(22-8-5-2)25-16-18-26-24(23-25)15-17-30-27(26)11-9-12-28(30)29-13-10-14-32-31(29)19-20-34-33(32)6-3/h6,9-20,23H,3-5,7-8,21-22H2,1-2H3. The largest absolute Gasteiger partial charge is 0.372 e. The molecule has 0 unspecified atom stereocenters. The lowest BCUT2D eigenvalue weighted by atomic mass is 9.92. The van der Waals surface area contributed by atoms with Crippen LogP contribution in [0.5, 0.6) is 0 Å². The van der Waals surface area contributed by atoms with Crippen LogP contribution in [0.2, 0.25) is 0 Å². The van der Waals surface area contributed by atoms with Gasteiger partial charge >= 0.3 is 0 Å². The third kappa shape index (κ3) is 4.41. The lowest BCUT2D eigenvalue weighted by Gasteiger charge is -2.25. The normalized spacial score (nSPS) is 11.4. The summed E-state index contributed by atoms with van der Waals surface area (Å²) in [4.78, 5) is 7.06. The zero-order valence-electron chi connectivity index (χ0n) is 20.9. The molecule has 0 aliphatic carbocycles. The first-order valence-corrected chi connectivity index (χ1v) is 13.0. The van der Waals surface area contributed by atoms with Gasteiger partial charge in [-0.1, -0.05) is 87.9 Å². The lowest BCUT2D eigenvalue weighted by Crippen LogP contribution is -2.25. The molecule has 1 aromatic heterocycles. The molecule has 0 amide bonds. The molecule has 0 aliphatic rings. The Morgan fingerprint density at radius 3 is 2.06 bits per heavy atom. The van der Waals surface area contributed by atoms with Gasteiger partial charge in [0, 0.05) is 30.4 Å². The van der Waals surface area contributed by atoms with E-state index in [0.717, 1.165) is 24.2 Å². The summed E-state index contributed by atoms with van der Waals surface area (Å²) in [6, 6.07) is 26.9. The van der Waals surface area contributed by atoms with E-state index in [1.165, 1.54) is 69.4 Å². The Bertz CT molecular complexity index is 1490. The van der Waals surface area contributed by atoms with Crippen LogP contribution in [0.25, 0.3) is 49.5 Å². The lowest BCUT2D eigenvalue weighted by molar-refractivity contribution is 0.678. The quantitative estimate of drug-likeness (QED) is 0.205. The Morgan fingerprint density at radius 1 is 0.714 bits per heavy atom. The van der Waals surface area contributed by atoms with Crippen molar-refractivity contribution in [1.82, 2.24) is 4.98 Å². The van der Waals surface area contributed by atoms with Crippen molar-refractivity contribution < 1.29 is 0 Å². The van der Waals surface area contributed by atoms with Gasteiger partial charge in [0.1, 0.15) is 0 Å². The monoisotopic (exact) mass is 458 g/mol. The fourth-order valence-electron chi connectivity index (χ4n) is 5.21. The molecule has 0 saturated carbocycles. The highest BCUT2D eigenvalue weighted by Gasteiger charge is 2.12. The van der Waals surface area contributed by atoms with Crippen LogP contribution in [0.1, 0.15) is 45.2 Å². The molecule has 2 nitrogen and oxygen atoms in total. The second-order valence-corrected chi connectivity index (χ2v) is 9.37. The van der Waals surface area contributed by atoms with Gasteiger partial charge in [0.05, 0.1) is 5.69 Å². The van der Waals surface area contributed by atoms with E-state index in [2.05, 4.69) is 103 Å². The van der Waals surface area contributed by atoms with Gasteiger partial charge in [-0.3, -0.25) is 4.98 Å². The number of aromatic nitrogens is 1. The molecule has 176 valence electrons. The summed E-state index contributed by atoms with van der Waals surface area (Å²) in [6.07, 6.45) is 8.64. The summed E-state index contributed by atoms with van der Waals surface area (Å²) in [5.74, 6) is 0. The first-order valence-electron chi connectivity index (χ1n) is 13.0. The minimum atomic E-state index is 0.929. The molecule has 4 aromatic carbocycles. The maximum absolute atomic E-state index is 4.50. The molecule has 0 spiro atoms. The minimum Gasteiger partial charge on any atom is -0.372 e. The number of unbranched alkanes of at least 4 members (excludes halogenated alkanes) is 2. The predicted molar refractivity (Wildman–Crippen MR) is 154 cm³/mol. The van der Waals surface area contributed by atoms with Gasteiger partial charge in [0.25, 0.3) is 0 Å². The minimum absolute atomic E-state index is 0.929. The number of nitrogens with zero attached hydrogens (tertiary/aromatic N) is 2. The Kier molecular flexibility index (Phi) is 6.81. The van der Waals surface area contributed by atoms with Crippen LogP contribution in [-0.2, 0) is 0 Å². The second-order valence-electron chi connectivity index (χ2n) is 9.37. The van der Waals surface area contributed by atoms with Crippen LogP contribution in [0.3, 0.4) is 0 Å². The number of hydrogen-bond acceptors (Lipinski definition) is 2. The van der Waals surface area contributed by atoms with Gasteiger partial charge in [-0.25, -0.2) is 0 Å². The SMILES string of the molecule is C=Cc1nccc2c(-c3cccc4c3ccc3cc(N(CCCC)CCCC)ccc34)cccc12. The topological polar surface area (TPSA) is 16.1 Å². The maximum atomic E-state index is 4.50. The average molecular weight is 459 g/mol. The Morgan fingerprint density at radius 2 is 1.37 bits per heavy atom. The molecule has 0 aliphatic heterocycles. The van der Waals surface area contributed by atoms with E-state index in [1.54, 1.807) is 0 Å². The smallest absolute Gasteiger partial charge is 0.0702 e. The molecule has 0 N–H and O–H groups in total. The summed E-state index contributed by atoms with van der Waals surface area (Å²) < 4.78 is 0. The number of fused-ring (bicyclic) bond motifs is 4. The molecule has 0 saturated heterocycles. The van der Waals surface area contributed by atoms with Gasteiger partial charge in [0.15, 0.2) is 0 Å². The second kappa shape index (κ2) is 10.3. The number of benzene rings is 4. The fraction of sp³-hybridized carbons (Fsp3) is 0.242. The number of anilines is 1. The molecule has 35 heavy (non-hydrogen) atoms. The van der Waals surface area contributed by atoms with E-state index in [9.17, 15) is 0 Å². The molecule has 1 heterocycles. The van der Waals surface area contributed by atoms with Crippen LogP contribution >= 0.6 is 0 Å². The van der Waals surface area contributed by atoms with Crippen molar-refractivity contribution in [3.05, 3.63) is 91.3 Å². The summed E-state index contributed by atoms with van der Waals surface area (Å²) in [5, 5.41) is 7.56. The maximum Gasteiger partial charge on any atom is 0.0702 e. The Labute approximate surface area is 208 Å². The summed E-state index contributed by atoms with van der Waals surface area (Å²) >= 11 is 0.